The van der Waals surface area contributed by atoms with Gasteiger partial charge in [0.2, 0.25) is 5.91 Å². The van der Waals surface area contributed by atoms with Crippen molar-refractivity contribution >= 4 is 11.8 Å². The number of aromatic amines is 1. The molecule has 0 saturated carbocycles. The van der Waals surface area contributed by atoms with E-state index in [-0.39, 0.29) is 17.9 Å². The fourth-order valence-electron chi connectivity index (χ4n) is 3.33. The molecule has 4 rings (SSSR count). The van der Waals surface area contributed by atoms with Gasteiger partial charge in [-0.15, -0.1) is 0 Å². The first-order valence-electron chi connectivity index (χ1n) is 8.72. The van der Waals surface area contributed by atoms with Crippen molar-refractivity contribution in [3.05, 3.63) is 81.9 Å². The van der Waals surface area contributed by atoms with Crippen LogP contribution in [0, 0.1) is 0 Å². The van der Waals surface area contributed by atoms with Crippen LogP contribution in [0.3, 0.4) is 0 Å². The lowest BCUT2D eigenvalue weighted by Gasteiger charge is -2.34. The van der Waals surface area contributed by atoms with E-state index in [9.17, 15) is 14.4 Å². The van der Waals surface area contributed by atoms with Crippen LogP contribution >= 0.6 is 0 Å². The summed E-state index contributed by atoms with van der Waals surface area (Å²) in [4.78, 5) is 49.7. The predicted octanol–water partition coefficient (Wildman–Crippen LogP) is 0.884. The predicted molar refractivity (Wildman–Crippen MR) is 101 cm³/mol. The third-order valence-corrected chi connectivity index (χ3v) is 4.78. The van der Waals surface area contributed by atoms with Crippen molar-refractivity contribution in [1.29, 1.82) is 0 Å². The second-order valence-corrected chi connectivity index (χ2v) is 6.51. The van der Waals surface area contributed by atoms with Crippen LogP contribution in [0.4, 0.5) is 0 Å². The number of amides is 2. The van der Waals surface area contributed by atoms with Gasteiger partial charge in [-0.1, -0.05) is 30.3 Å². The maximum Gasteiger partial charge on any atom is 0.264 e. The molecular weight excluding hydrogens is 358 g/mol. The van der Waals surface area contributed by atoms with Crippen molar-refractivity contribution in [2.24, 2.45) is 5.73 Å². The second-order valence-electron chi connectivity index (χ2n) is 6.51. The van der Waals surface area contributed by atoms with E-state index in [4.69, 9.17) is 5.73 Å². The Morgan fingerprint density at radius 1 is 1.07 bits per heavy atom. The van der Waals surface area contributed by atoms with E-state index in [0.29, 0.717) is 12.1 Å². The van der Waals surface area contributed by atoms with Gasteiger partial charge in [-0.25, -0.2) is 4.98 Å². The zero-order valence-electron chi connectivity index (χ0n) is 14.8. The average Bonchev–Trinajstić information content (AvgIpc) is 2.72. The van der Waals surface area contributed by atoms with Crippen molar-refractivity contribution in [3.8, 4) is 11.5 Å². The van der Waals surface area contributed by atoms with Crippen molar-refractivity contribution in [3.63, 3.8) is 0 Å². The zero-order valence-corrected chi connectivity index (χ0v) is 14.8. The number of carbonyl (C=O) groups is 2. The van der Waals surface area contributed by atoms with Crippen LogP contribution in [0.1, 0.15) is 21.5 Å². The molecule has 28 heavy (non-hydrogen) atoms. The van der Waals surface area contributed by atoms with Crippen molar-refractivity contribution in [2.75, 3.05) is 0 Å². The lowest BCUT2D eigenvalue weighted by Crippen LogP contribution is -2.52. The number of benzene rings is 1. The van der Waals surface area contributed by atoms with Gasteiger partial charge in [0.25, 0.3) is 11.5 Å². The lowest BCUT2D eigenvalue weighted by molar-refractivity contribution is -0.122. The summed E-state index contributed by atoms with van der Waals surface area (Å²) in [5, 5.41) is 0. The Hall–Kier alpha value is -3.81. The smallest absolute Gasteiger partial charge is 0.264 e. The average molecular weight is 375 g/mol. The van der Waals surface area contributed by atoms with Gasteiger partial charge in [0.15, 0.2) is 5.82 Å². The van der Waals surface area contributed by atoms with E-state index in [1.165, 1.54) is 11.1 Å². The maximum atomic E-state index is 13.0. The van der Waals surface area contributed by atoms with Crippen LogP contribution < -0.4 is 11.3 Å². The van der Waals surface area contributed by atoms with E-state index >= 15 is 0 Å². The van der Waals surface area contributed by atoms with Crippen molar-refractivity contribution in [2.45, 2.75) is 19.0 Å². The number of carbonyl (C=O) groups excluding carboxylic acids is 2. The highest BCUT2D eigenvalue weighted by molar-refractivity contribution is 5.97. The third kappa shape index (κ3) is 3.16. The molecular formula is C20H17N5O3. The molecule has 1 aromatic carbocycles. The molecule has 0 bridgehead atoms. The van der Waals surface area contributed by atoms with Gasteiger partial charge in [-0.05, 0) is 23.3 Å². The summed E-state index contributed by atoms with van der Waals surface area (Å²) >= 11 is 0. The van der Waals surface area contributed by atoms with Crippen LogP contribution in [0.2, 0.25) is 0 Å². The van der Waals surface area contributed by atoms with Crippen LogP contribution in [0.25, 0.3) is 11.5 Å². The van der Waals surface area contributed by atoms with Gasteiger partial charge in [-0.3, -0.25) is 19.4 Å². The van der Waals surface area contributed by atoms with Crippen LogP contribution in [0.15, 0.2) is 59.7 Å². The first-order valence-corrected chi connectivity index (χ1v) is 8.72. The van der Waals surface area contributed by atoms with Gasteiger partial charge >= 0.3 is 0 Å². The van der Waals surface area contributed by atoms with E-state index < -0.39 is 23.4 Å². The van der Waals surface area contributed by atoms with Gasteiger partial charge in [0.05, 0.1) is 0 Å². The summed E-state index contributed by atoms with van der Waals surface area (Å²) in [7, 11) is 0. The number of H-pyrrole nitrogens is 1. The SMILES string of the molecule is NC(=O)C1Cc2ccccc2CN1C(=O)c1cnc(-c2ccccn2)[nH]c1=O. The Balaban J connectivity index is 1.68. The summed E-state index contributed by atoms with van der Waals surface area (Å²) in [6.07, 6.45) is 3.11. The minimum atomic E-state index is -0.822. The molecule has 1 aliphatic rings. The molecule has 2 aromatic heterocycles. The summed E-state index contributed by atoms with van der Waals surface area (Å²) < 4.78 is 0. The van der Waals surface area contributed by atoms with E-state index in [0.717, 1.165) is 11.1 Å². The molecule has 8 heteroatoms. The summed E-state index contributed by atoms with van der Waals surface area (Å²) in [5.74, 6) is -0.936. The van der Waals surface area contributed by atoms with Crippen LogP contribution in [-0.2, 0) is 17.8 Å². The zero-order chi connectivity index (χ0) is 19.7. The van der Waals surface area contributed by atoms with E-state index in [1.54, 1.807) is 24.4 Å². The fraction of sp³-hybridized carbons (Fsp3) is 0.150. The Bertz CT molecular complexity index is 1110. The number of primary amides is 1. The quantitative estimate of drug-likeness (QED) is 0.704. The molecule has 3 heterocycles. The molecule has 0 fully saturated rings. The van der Waals surface area contributed by atoms with Gasteiger partial charge in [0, 0.05) is 25.4 Å². The van der Waals surface area contributed by atoms with Crippen molar-refractivity contribution in [1.82, 2.24) is 19.9 Å². The summed E-state index contributed by atoms with van der Waals surface area (Å²) in [5.41, 5.74) is 7.16. The molecule has 0 saturated heterocycles. The van der Waals surface area contributed by atoms with Gasteiger partial charge in [-0.2, -0.15) is 0 Å². The summed E-state index contributed by atoms with van der Waals surface area (Å²) in [6, 6.07) is 11.9. The molecule has 0 spiro atoms. The molecule has 0 radical (unpaired) electrons. The standard InChI is InChI=1S/C20H17N5O3/c21-17(26)16-9-12-5-1-2-6-13(12)11-25(16)20(28)14-10-23-18(24-19(14)27)15-7-3-4-8-22-15/h1-8,10,16H,9,11H2,(H2,21,26)(H,23,24,27). The molecule has 1 aliphatic heterocycles. The highest BCUT2D eigenvalue weighted by atomic mass is 16.2. The normalized spacial score (nSPS) is 15.7. The number of aromatic nitrogens is 3. The number of rotatable bonds is 3. The monoisotopic (exact) mass is 375 g/mol. The first kappa shape index (κ1) is 17.6. The minimum absolute atomic E-state index is 0.148. The molecule has 1 unspecified atom stereocenters. The number of nitrogens with two attached hydrogens (primary N) is 1. The molecule has 3 aromatic rings. The Kier molecular flexibility index (Phi) is 4.44. The first-order chi connectivity index (χ1) is 13.5. The van der Waals surface area contributed by atoms with Gasteiger partial charge < -0.3 is 15.6 Å². The molecule has 1 atom stereocenters. The molecule has 0 aliphatic carbocycles. The number of pyridine rings is 1. The van der Waals surface area contributed by atoms with E-state index in [1.807, 2.05) is 24.3 Å². The van der Waals surface area contributed by atoms with Crippen molar-refractivity contribution < 1.29 is 9.59 Å². The number of nitrogens with zero attached hydrogens (tertiary/aromatic N) is 3. The summed E-state index contributed by atoms with van der Waals surface area (Å²) in [6.45, 7) is 0.198. The molecule has 8 nitrogen and oxygen atoms in total. The lowest BCUT2D eigenvalue weighted by atomic mass is 9.93. The molecule has 3 N–H and O–H groups in total. The Morgan fingerprint density at radius 2 is 1.82 bits per heavy atom. The number of nitrogens with one attached hydrogen (secondary N) is 1. The van der Waals surface area contributed by atoms with Crippen LogP contribution in [0.5, 0.6) is 0 Å². The van der Waals surface area contributed by atoms with Gasteiger partial charge in [0.1, 0.15) is 17.3 Å². The number of hydrogen-bond acceptors (Lipinski definition) is 5. The minimum Gasteiger partial charge on any atom is -0.368 e. The topological polar surface area (TPSA) is 122 Å². The third-order valence-electron chi connectivity index (χ3n) is 4.78. The Morgan fingerprint density at radius 3 is 2.50 bits per heavy atom. The second kappa shape index (κ2) is 7.07. The largest absolute Gasteiger partial charge is 0.368 e. The van der Waals surface area contributed by atoms with Crippen LogP contribution in [-0.4, -0.2) is 37.7 Å². The number of hydrogen-bond donors (Lipinski definition) is 2. The molecule has 2 amide bonds. The Labute approximate surface area is 160 Å². The highest BCUT2D eigenvalue weighted by Gasteiger charge is 2.34. The molecule has 140 valence electrons. The van der Waals surface area contributed by atoms with E-state index in [2.05, 4.69) is 15.0 Å². The fourth-order valence-corrected chi connectivity index (χ4v) is 3.33. The highest BCUT2D eigenvalue weighted by Crippen LogP contribution is 2.24. The number of fused-ring (bicyclic) bond motifs is 1. The maximum absolute atomic E-state index is 13.0.